The maximum absolute atomic E-state index is 13.0. The van der Waals surface area contributed by atoms with Crippen LogP contribution >= 0.6 is 22.9 Å². The Kier molecular flexibility index (Phi) is 11.5. The van der Waals surface area contributed by atoms with Crippen molar-refractivity contribution in [1.29, 1.82) is 0 Å². The van der Waals surface area contributed by atoms with E-state index in [1.54, 1.807) is 62.5 Å². The number of anilines is 1. The number of unbranched alkanes of at least 4 members (excludes halogenated alkanes) is 1. The Morgan fingerprint density at radius 3 is 2.69 bits per heavy atom. The number of carbonyl (C=O) groups excluding carboxylic acids is 2. The third-order valence-electron chi connectivity index (χ3n) is 4.65. The Morgan fingerprint density at radius 1 is 1.23 bits per heavy atom. The molecule has 35 heavy (non-hydrogen) atoms. The Labute approximate surface area is 214 Å². The molecule has 2 rings (SSSR count). The highest BCUT2D eigenvalue weighted by molar-refractivity contribution is 7.15. The number of halogens is 1. The van der Waals surface area contributed by atoms with Gasteiger partial charge in [0, 0.05) is 29.8 Å². The highest BCUT2D eigenvalue weighted by Gasteiger charge is 2.26. The molecular formula is C23H32ClN7O3S. The zero-order valence-electron chi connectivity index (χ0n) is 20.1. The average molecular weight is 522 g/mol. The lowest BCUT2D eigenvalue weighted by Crippen LogP contribution is -2.30. The van der Waals surface area contributed by atoms with Crippen LogP contribution in [0.2, 0.25) is 5.02 Å². The Morgan fingerprint density at radius 2 is 2.00 bits per heavy atom. The highest BCUT2D eigenvalue weighted by atomic mass is 35.5. The van der Waals surface area contributed by atoms with Crippen molar-refractivity contribution >= 4 is 39.9 Å². The number of aromatic nitrogens is 2. The van der Waals surface area contributed by atoms with Gasteiger partial charge in [-0.15, -0.1) is 10.2 Å². The summed E-state index contributed by atoms with van der Waals surface area (Å²) in [6.07, 6.45) is 5.50. The lowest BCUT2D eigenvalue weighted by Gasteiger charge is -2.18. The zero-order valence-corrected chi connectivity index (χ0v) is 21.7. The fourth-order valence-corrected chi connectivity index (χ4v) is 3.90. The Bertz CT molecular complexity index is 1060. The molecule has 0 fully saturated rings. The van der Waals surface area contributed by atoms with Crippen LogP contribution in [-0.2, 0) is 20.7 Å². The van der Waals surface area contributed by atoms with Crippen LogP contribution in [0.1, 0.15) is 35.9 Å². The number of likely N-dealkylation sites (N-methyl/N-ethyl adjacent to an activating group) is 1. The predicted molar refractivity (Wildman–Crippen MR) is 139 cm³/mol. The lowest BCUT2D eigenvalue weighted by atomic mass is 10.1. The molecular weight excluding hydrogens is 490 g/mol. The fourth-order valence-electron chi connectivity index (χ4n) is 2.91. The first-order chi connectivity index (χ1) is 16.7. The number of hydrogen-bond acceptors (Lipinski definition) is 10. The minimum atomic E-state index is -1.17. The molecule has 0 spiro atoms. The first kappa shape index (κ1) is 28.1. The molecule has 2 aromatic rings. The van der Waals surface area contributed by atoms with Crippen molar-refractivity contribution in [2.45, 2.75) is 31.8 Å². The van der Waals surface area contributed by atoms with Crippen LogP contribution in [0.4, 0.5) is 5.13 Å². The minimum Gasteiger partial charge on any atom is -0.446 e. The van der Waals surface area contributed by atoms with Gasteiger partial charge in [-0.2, -0.15) is 0 Å². The number of rotatable bonds is 13. The molecule has 0 aliphatic carbocycles. The molecule has 190 valence electrons. The van der Waals surface area contributed by atoms with E-state index in [2.05, 4.69) is 20.8 Å². The maximum atomic E-state index is 13.0. The molecule has 1 aromatic heterocycles. The summed E-state index contributed by atoms with van der Waals surface area (Å²) in [7, 11) is 5.21. The Hall–Kier alpha value is -3.15. The number of esters is 1. The van der Waals surface area contributed by atoms with Crippen molar-refractivity contribution in [3.63, 3.8) is 0 Å². The van der Waals surface area contributed by atoms with Gasteiger partial charge in [-0.05, 0) is 57.6 Å². The molecule has 10 nitrogen and oxygen atoms in total. The summed E-state index contributed by atoms with van der Waals surface area (Å²) in [6.45, 7) is 0.0339. The second-order valence-corrected chi connectivity index (χ2v) is 9.47. The van der Waals surface area contributed by atoms with Crippen molar-refractivity contribution in [3.8, 4) is 0 Å². The number of carbonyl (C=O) groups is 2. The van der Waals surface area contributed by atoms with Crippen LogP contribution in [0.25, 0.3) is 0 Å². The number of nitrogens with one attached hydrogen (secondary N) is 2. The summed E-state index contributed by atoms with van der Waals surface area (Å²) in [5.41, 5.74) is 12.8. The van der Waals surface area contributed by atoms with Crippen LogP contribution in [0.3, 0.4) is 0 Å². The van der Waals surface area contributed by atoms with E-state index in [1.807, 2.05) is 0 Å². The number of ether oxygens (including phenoxy) is 1. The van der Waals surface area contributed by atoms with Crippen LogP contribution in [0.5, 0.6) is 0 Å². The van der Waals surface area contributed by atoms with E-state index in [1.165, 1.54) is 11.3 Å². The van der Waals surface area contributed by atoms with E-state index in [4.69, 9.17) is 27.8 Å². The molecule has 1 amide bonds. The zero-order chi connectivity index (χ0) is 25.8. The molecule has 6 N–H and O–H groups in total. The van der Waals surface area contributed by atoms with Gasteiger partial charge in [0.25, 0.3) is 5.91 Å². The number of hydrogen-bond donors (Lipinski definition) is 4. The number of amides is 1. The molecule has 0 radical (unpaired) electrons. The summed E-state index contributed by atoms with van der Waals surface area (Å²) in [6, 6.07) is 6.63. The van der Waals surface area contributed by atoms with Gasteiger partial charge >= 0.3 is 5.97 Å². The van der Waals surface area contributed by atoms with Crippen molar-refractivity contribution in [3.05, 3.63) is 63.5 Å². The van der Waals surface area contributed by atoms with E-state index in [0.717, 1.165) is 30.0 Å². The number of benzene rings is 1. The molecule has 1 aromatic carbocycles. The van der Waals surface area contributed by atoms with E-state index in [9.17, 15) is 9.59 Å². The SMILES string of the molecule is CN/C(N)=C/C=C(\N)CCCCc1nnc(NC(=O)C(OC(=O)CN(C)C)c2cccc(Cl)c2)s1. The van der Waals surface area contributed by atoms with Gasteiger partial charge in [0.15, 0.2) is 0 Å². The average Bonchev–Trinajstić information content (AvgIpc) is 3.25. The third-order valence-corrected chi connectivity index (χ3v) is 5.79. The number of aryl methyl sites for hydroxylation is 1. The maximum Gasteiger partial charge on any atom is 0.321 e. The summed E-state index contributed by atoms with van der Waals surface area (Å²) in [5, 5.41) is 15.2. The molecule has 0 aliphatic rings. The largest absolute Gasteiger partial charge is 0.446 e. The minimum absolute atomic E-state index is 0.0339. The first-order valence-corrected chi connectivity index (χ1v) is 12.2. The molecule has 12 heteroatoms. The van der Waals surface area contributed by atoms with Crippen molar-refractivity contribution < 1.29 is 14.3 Å². The van der Waals surface area contributed by atoms with Crippen LogP contribution < -0.4 is 22.1 Å². The van der Waals surface area contributed by atoms with Crippen molar-refractivity contribution in [2.75, 3.05) is 33.0 Å². The quantitative estimate of drug-likeness (QED) is 0.177. The van der Waals surface area contributed by atoms with Crippen LogP contribution in [0, 0.1) is 0 Å². The summed E-state index contributed by atoms with van der Waals surface area (Å²) >= 11 is 7.35. The summed E-state index contributed by atoms with van der Waals surface area (Å²) < 4.78 is 5.46. The molecule has 0 saturated heterocycles. The normalized spacial score (nSPS) is 12.9. The van der Waals surface area contributed by atoms with Crippen LogP contribution in [0.15, 0.2) is 47.9 Å². The second kappa shape index (κ2) is 14.3. The van der Waals surface area contributed by atoms with Crippen molar-refractivity contribution in [1.82, 2.24) is 20.4 Å². The lowest BCUT2D eigenvalue weighted by molar-refractivity contribution is -0.155. The van der Waals surface area contributed by atoms with Gasteiger partial charge < -0.3 is 21.5 Å². The topological polar surface area (TPSA) is 148 Å². The van der Waals surface area contributed by atoms with Gasteiger partial charge in [0.2, 0.25) is 11.2 Å². The van der Waals surface area contributed by atoms with Gasteiger partial charge in [0.05, 0.1) is 12.4 Å². The summed E-state index contributed by atoms with van der Waals surface area (Å²) in [5.74, 6) is -0.527. The van der Waals surface area contributed by atoms with E-state index in [0.29, 0.717) is 28.0 Å². The molecule has 0 saturated carbocycles. The molecule has 0 bridgehead atoms. The molecule has 1 heterocycles. The molecule has 1 atom stereocenters. The number of nitrogens with zero attached hydrogens (tertiary/aromatic N) is 3. The smallest absolute Gasteiger partial charge is 0.321 e. The van der Waals surface area contributed by atoms with Crippen molar-refractivity contribution in [2.24, 2.45) is 11.5 Å². The van der Waals surface area contributed by atoms with E-state index >= 15 is 0 Å². The summed E-state index contributed by atoms with van der Waals surface area (Å²) in [4.78, 5) is 26.9. The fraction of sp³-hybridized carbons (Fsp3) is 0.391. The van der Waals surface area contributed by atoms with Gasteiger partial charge in [-0.1, -0.05) is 35.1 Å². The molecule has 0 aliphatic heterocycles. The highest BCUT2D eigenvalue weighted by Crippen LogP contribution is 2.25. The first-order valence-electron chi connectivity index (χ1n) is 11.0. The predicted octanol–water partition coefficient (Wildman–Crippen LogP) is 2.55. The standard InChI is InChI=1S/C23H32ClN7O3S/c1-27-18(26)12-11-17(25)9-4-5-10-19-29-30-23(35-19)28-22(33)21(34-20(32)14-31(2)3)15-7-6-8-16(24)13-15/h6-8,11-13,21,27H,4-5,9-10,14,25-26H2,1-3H3,(H,28,30,33)/b17-11-,18-12+. The van der Waals surface area contributed by atoms with Gasteiger partial charge in [0.1, 0.15) is 5.01 Å². The second-order valence-electron chi connectivity index (χ2n) is 7.97. The number of nitrogens with two attached hydrogens (primary N) is 2. The Balaban J connectivity index is 1.95. The van der Waals surface area contributed by atoms with Gasteiger partial charge in [-0.3, -0.25) is 19.8 Å². The monoisotopic (exact) mass is 521 g/mol. The van der Waals surface area contributed by atoms with E-state index < -0.39 is 18.0 Å². The number of allylic oxidation sites excluding steroid dienone is 3. The molecule has 1 unspecified atom stereocenters. The van der Waals surface area contributed by atoms with Gasteiger partial charge in [-0.25, -0.2) is 0 Å². The van der Waals surface area contributed by atoms with Crippen LogP contribution in [-0.4, -0.2) is 54.7 Å². The van der Waals surface area contributed by atoms with E-state index in [-0.39, 0.29) is 6.54 Å². The third kappa shape index (κ3) is 10.3.